The zero-order chi connectivity index (χ0) is 15.4. The van der Waals surface area contributed by atoms with E-state index in [4.69, 9.17) is 4.74 Å². The largest absolute Gasteiger partial charge is 0.469 e. The molecule has 118 valence electrons. The van der Waals surface area contributed by atoms with Gasteiger partial charge in [-0.15, -0.1) is 0 Å². The molecule has 1 aliphatic rings. The highest BCUT2D eigenvalue weighted by atomic mass is 16.5. The molecule has 2 heterocycles. The molecular formula is C16H22N4O2. The molecule has 2 aromatic rings. The Morgan fingerprint density at radius 1 is 1.41 bits per heavy atom. The maximum absolute atomic E-state index is 11.4. The van der Waals surface area contributed by atoms with Crippen LogP contribution in [-0.4, -0.2) is 34.3 Å². The number of esters is 1. The van der Waals surface area contributed by atoms with Crippen molar-refractivity contribution >= 4 is 22.7 Å². The van der Waals surface area contributed by atoms with Gasteiger partial charge in [-0.3, -0.25) is 9.89 Å². The summed E-state index contributed by atoms with van der Waals surface area (Å²) in [6, 6.07) is 2.39. The maximum Gasteiger partial charge on any atom is 0.305 e. The third kappa shape index (κ3) is 3.21. The smallest absolute Gasteiger partial charge is 0.305 e. The summed E-state index contributed by atoms with van der Waals surface area (Å²) in [5, 5.41) is 11.9. The third-order valence-electron chi connectivity index (χ3n) is 4.29. The van der Waals surface area contributed by atoms with Crippen molar-refractivity contribution in [1.29, 1.82) is 0 Å². The molecule has 0 aliphatic heterocycles. The average Bonchev–Trinajstić information content (AvgIpc) is 2.98. The van der Waals surface area contributed by atoms with Gasteiger partial charge in [-0.1, -0.05) is 19.3 Å². The van der Waals surface area contributed by atoms with Crippen LogP contribution in [0, 0.1) is 0 Å². The third-order valence-corrected chi connectivity index (χ3v) is 4.29. The molecule has 1 aliphatic carbocycles. The van der Waals surface area contributed by atoms with Gasteiger partial charge >= 0.3 is 5.97 Å². The van der Waals surface area contributed by atoms with Crippen molar-refractivity contribution in [3.05, 3.63) is 18.0 Å². The molecule has 22 heavy (non-hydrogen) atoms. The lowest BCUT2D eigenvalue weighted by atomic mass is 9.95. The van der Waals surface area contributed by atoms with Crippen LogP contribution >= 0.6 is 0 Å². The van der Waals surface area contributed by atoms with Gasteiger partial charge in [-0.2, -0.15) is 5.10 Å². The lowest BCUT2D eigenvalue weighted by molar-refractivity contribution is -0.140. The monoisotopic (exact) mass is 302 g/mol. The van der Waals surface area contributed by atoms with E-state index in [1.807, 2.05) is 6.07 Å². The number of rotatable bonds is 5. The Bertz CT molecular complexity index is 647. The van der Waals surface area contributed by atoms with Crippen LogP contribution in [0.5, 0.6) is 0 Å². The molecule has 0 radical (unpaired) electrons. The van der Waals surface area contributed by atoms with Crippen molar-refractivity contribution < 1.29 is 9.53 Å². The van der Waals surface area contributed by atoms with Crippen molar-refractivity contribution in [3.8, 4) is 0 Å². The summed E-state index contributed by atoms with van der Waals surface area (Å²) >= 11 is 0. The Balaban J connectivity index is 1.82. The number of fused-ring (bicyclic) bond motifs is 1. The first-order valence-corrected chi connectivity index (χ1v) is 7.93. The summed E-state index contributed by atoms with van der Waals surface area (Å²) in [5.41, 5.74) is 1.82. The second kappa shape index (κ2) is 6.77. The summed E-state index contributed by atoms with van der Waals surface area (Å²) < 4.78 is 4.70. The van der Waals surface area contributed by atoms with Crippen LogP contribution in [0.2, 0.25) is 0 Å². The van der Waals surface area contributed by atoms with Crippen molar-refractivity contribution in [1.82, 2.24) is 15.2 Å². The van der Waals surface area contributed by atoms with Crippen molar-refractivity contribution in [2.24, 2.45) is 0 Å². The zero-order valence-corrected chi connectivity index (χ0v) is 12.9. The van der Waals surface area contributed by atoms with E-state index in [9.17, 15) is 4.79 Å². The Morgan fingerprint density at radius 2 is 2.23 bits per heavy atom. The minimum absolute atomic E-state index is 0.221. The van der Waals surface area contributed by atoms with E-state index >= 15 is 0 Å². The van der Waals surface area contributed by atoms with E-state index in [0.717, 1.165) is 22.4 Å². The molecule has 0 amide bonds. The highest BCUT2D eigenvalue weighted by molar-refractivity contribution is 5.91. The fourth-order valence-electron chi connectivity index (χ4n) is 3.08. The van der Waals surface area contributed by atoms with E-state index in [0.29, 0.717) is 18.9 Å². The molecule has 1 fully saturated rings. The summed E-state index contributed by atoms with van der Waals surface area (Å²) in [7, 11) is 1.41. The number of pyridine rings is 1. The number of hydrogen-bond acceptors (Lipinski definition) is 5. The second-order valence-electron chi connectivity index (χ2n) is 5.81. The Morgan fingerprint density at radius 3 is 3.00 bits per heavy atom. The molecule has 6 nitrogen and oxygen atoms in total. The molecule has 0 spiro atoms. The number of methoxy groups -OCH3 is 1. The van der Waals surface area contributed by atoms with E-state index in [2.05, 4.69) is 20.5 Å². The number of aryl methyl sites for hydroxylation is 1. The van der Waals surface area contributed by atoms with Crippen molar-refractivity contribution in [2.45, 2.75) is 51.0 Å². The van der Waals surface area contributed by atoms with Gasteiger partial charge in [0.25, 0.3) is 0 Å². The van der Waals surface area contributed by atoms with Crippen molar-refractivity contribution in [2.75, 3.05) is 12.4 Å². The second-order valence-corrected chi connectivity index (χ2v) is 5.81. The number of carbonyl (C=O) groups excluding carboxylic acids is 1. The fraction of sp³-hybridized carbons (Fsp3) is 0.562. The predicted molar refractivity (Wildman–Crippen MR) is 84.7 cm³/mol. The molecule has 0 atom stereocenters. The molecule has 2 aromatic heterocycles. The number of anilines is 1. The first kappa shape index (κ1) is 14.8. The standard InChI is InChI=1S/C16H22N4O2/c1-22-14(21)8-7-12-15-13(20-19-12)9-10-17-16(15)18-11-5-3-2-4-6-11/h9-11H,2-8H2,1H3,(H,17,18)(H,19,20). The van der Waals surface area contributed by atoms with Crippen LogP contribution in [0.15, 0.2) is 12.3 Å². The van der Waals surface area contributed by atoms with Gasteiger partial charge in [0.15, 0.2) is 0 Å². The molecule has 0 saturated heterocycles. The van der Waals surface area contributed by atoms with Crippen LogP contribution in [-0.2, 0) is 16.0 Å². The summed E-state index contributed by atoms with van der Waals surface area (Å²) in [6.45, 7) is 0. The minimum atomic E-state index is -0.221. The van der Waals surface area contributed by atoms with Gasteiger partial charge in [0.1, 0.15) is 5.82 Å². The molecular weight excluding hydrogens is 280 g/mol. The predicted octanol–water partition coefficient (Wildman–Crippen LogP) is 2.81. The van der Waals surface area contributed by atoms with Gasteiger partial charge in [-0.25, -0.2) is 4.98 Å². The lowest BCUT2D eigenvalue weighted by Gasteiger charge is -2.23. The number of aromatic nitrogens is 3. The Hall–Kier alpha value is -2.11. The molecule has 1 saturated carbocycles. The molecule has 0 aromatic carbocycles. The number of nitrogens with one attached hydrogen (secondary N) is 2. The fourth-order valence-corrected chi connectivity index (χ4v) is 3.08. The van der Waals surface area contributed by atoms with Crippen molar-refractivity contribution in [3.63, 3.8) is 0 Å². The SMILES string of the molecule is COC(=O)CCc1n[nH]c2ccnc(NC3CCCCC3)c12. The molecule has 0 unspecified atom stereocenters. The number of nitrogens with zero attached hydrogens (tertiary/aromatic N) is 2. The maximum atomic E-state index is 11.4. The number of H-pyrrole nitrogens is 1. The van der Waals surface area contributed by atoms with Crippen LogP contribution in [0.4, 0.5) is 5.82 Å². The first-order chi connectivity index (χ1) is 10.8. The molecule has 0 bridgehead atoms. The average molecular weight is 302 g/mol. The van der Waals surface area contributed by atoms with Crippen LogP contribution < -0.4 is 5.32 Å². The Labute approximate surface area is 129 Å². The number of hydrogen-bond donors (Lipinski definition) is 2. The summed E-state index contributed by atoms with van der Waals surface area (Å²) in [5.74, 6) is 0.653. The van der Waals surface area contributed by atoms with Gasteiger partial charge in [0, 0.05) is 18.7 Å². The van der Waals surface area contributed by atoms with Gasteiger partial charge in [0.2, 0.25) is 0 Å². The van der Waals surface area contributed by atoms with E-state index in [1.54, 1.807) is 6.20 Å². The summed E-state index contributed by atoms with van der Waals surface area (Å²) in [6.07, 6.45) is 8.91. The zero-order valence-electron chi connectivity index (χ0n) is 12.9. The van der Waals surface area contributed by atoms with Crippen LogP contribution in [0.1, 0.15) is 44.2 Å². The van der Waals surface area contributed by atoms with E-state index < -0.39 is 0 Å². The highest BCUT2D eigenvalue weighted by Crippen LogP contribution is 2.27. The van der Waals surface area contributed by atoms with E-state index in [-0.39, 0.29) is 5.97 Å². The number of aromatic amines is 1. The van der Waals surface area contributed by atoms with Crippen LogP contribution in [0.25, 0.3) is 10.9 Å². The van der Waals surface area contributed by atoms with Gasteiger partial charge in [0.05, 0.1) is 30.1 Å². The quantitative estimate of drug-likeness (QED) is 0.830. The molecule has 3 rings (SSSR count). The number of ether oxygens (including phenoxy) is 1. The lowest BCUT2D eigenvalue weighted by Crippen LogP contribution is -2.23. The topological polar surface area (TPSA) is 79.9 Å². The first-order valence-electron chi connectivity index (χ1n) is 7.93. The minimum Gasteiger partial charge on any atom is -0.469 e. The Kier molecular flexibility index (Phi) is 4.56. The highest BCUT2D eigenvalue weighted by Gasteiger charge is 2.18. The summed E-state index contributed by atoms with van der Waals surface area (Å²) in [4.78, 5) is 15.8. The molecule has 2 N–H and O–H groups in total. The van der Waals surface area contributed by atoms with E-state index in [1.165, 1.54) is 39.2 Å². The number of carbonyl (C=O) groups is 1. The molecule has 6 heteroatoms. The van der Waals surface area contributed by atoms with Crippen LogP contribution in [0.3, 0.4) is 0 Å². The van der Waals surface area contributed by atoms with Gasteiger partial charge in [-0.05, 0) is 18.9 Å². The normalized spacial score (nSPS) is 15.9. The van der Waals surface area contributed by atoms with Gasteiger partial charge < -0.3 is 10.1 Å².